The van der Waals surface area contributed by atoms with Crippen molar-refractivity contribution in [1.82, 2.24) is 5.32 Å². The van der Waals surface area contributed by atoms with Gasteiger partial charge in [-0.3, -0.25) is 0 Å². The van der Waals surface area contributed by atoms with E-state index in [1.54, 1.807) is 12.1 Å². The summed E-state index contributed by atoms with van der Waals surface area (Å²) in [6, 6.07) is 8.61. The molecule has 0 bridgehead atoms. The summed E-state index contributed by atoms with van der Waals surface area (Å²) in [6.45, 7) is 1.48. The summed E-state index contributed by atoms with van der Waals surface area (Å²) in [5, 5.41) is 13.7. The Kier molecular flexibility index (Phi) is 3.28. The summed E-state index contributed by atoms with van der Waals surface area (Å²) in [5.41, 5.74) is 0.695. The molecule has 0 heterocycles. The van der Waals surface area contributed by atoms with Crippen LogP contribution in [0.1, 0.15) is 6.92 Å². The summed E-state index contributed by atoms with van der Waals surface area (Å²) in [7, 11) is 0. The van der Waals surface area contributed by atoms with Crippen LogP contribution in [-0.2, 0) is 0 Å². The number of carbonyl (C=O) groups excluding carboxylic acids is 1. The number of carbonyl (C=O) groups is 1. The number of rotatable bonds is 2. The summed E-state index contributed by atoms with van der Waals surface area (Å²) in [6.07, 6.45) is -0.844. The van der Waals surface area contributed by atoms with Crippen molar-refractivity contribution in [3.8, 4) is 0 Å². The molecule has 0 fully saturated rings. The molecule has 4 nitrogen and oxygen atoms in total. The van der Waals surface area contributed by atoms with E-state index in [1.165, 1.54) is 6.92 Å². The fourth-order valence-corrected chi connectivity index (χ4v) is 0.878. The standard InChI is InChI=1S/C9H12N2O2/c1-7(12)10-9(13)11-8-5-3-2-4-6-8/h2-7,12H,1H3,(H2,10,11,13). The van der Waals surface area contributed by atoms with Crippen LogP contribution in [0.3, 0.4) is 0 Å². The molecule has 1 aromatic carbocycles. The Balaban J connectivity index is 2.46. The monoisotopic (exact) mass is 180 g/mol. The lowest BCUT2D eigenvalue weighted by Crippen LogP contribution is -2.35. The van der Waals surface area contributed by atoms with Gasteiger partial charge >= 0.3 is 6.03 Å². The van der Waals surface area contributed by atoms with Crippen LogP contribution in [0.5, 0.6) is 0 Å². The van der Waals surface area contributed by atoms with Gasteiger partial charge in [0.1, 0.15) is 6.23 Å². The Morgan fingerprint density at radius 3 is 2.54 bits per heavy atom. The zero-order valence-corrected chi connectivity index (χ0v) is 7.32. The van der Waals surface area contributed by atoms with Gasteiger partial charge in [0, 0.05) is 5.69 Å². The maximum atomic E-state index is 11.0. The highest BCUT2D eigenvalue weighted by Crippen LogP contribution is 2.03. The fourth-order valence-electron chi connectivity index (χ4n) is 0.878. The van der Waals surface area contributed by atoms with E-state index >= 15 is 0 Å². The zero-order chi connectivity index (χ0) is 9.68. The van der Waals surface area contributed by atoms with Gasteiger partial charge in [-0.15, -0.1) is 0 Å². The first-order chi connectivity index (χ1) is 6.18. The van der Waals surface area contributed by atoms with Crippen molar-refractivity contribution in [2.24, 2.45) is 0 Å². The third-order valence-corrected chi connectivity index (χ3v) is 1.37. The second-order valence-electron chi connectivity index (χ2n) is 2.64. The number of hydrogen-bond acceptors (Lipinski definition) is 2. The van der Waals surface area contributed by atoms with E-state index < -0.39 is 12.3 Å². The minimum absolute atomic E-state index is 0.416. The van der Waals surface area contributed by atoms with Crippen LogP contribution < -0.4 is 10.6 Å². The number of anilines is 1. The van der Waals surface area contributed by atoms with Crippen molar-refractivity contribution < 1.29 is 9.90 Å². The van der Waals surface area contributed by atoms with Crippen LogP contribution in [0.2, 0.25) is 0 Å². The number of para-hydroxylation sites is 1. The SMILES string of the molecule is CC(O)NC(=O)Nc1ccccc1. The molecular weight excluding hydrogens is 168 g/mol. The lowest BCUT2D eigenvalue weighted by atomic mass is 10.3. The second kappa shape index (κ2) is 4.47. The molecule has 1 rings (SSSR count). The van der Waals surface area contributed by atoms with Gasteiger partial charge in [-0.25, -0.2) is 4.79 Å². The molecule has 0 aliphatic heterocycles. The number of amides is 2. The molecular formula is C9H12N2O2. The van der Waals surface area contributed by atoms with Crippen molar-refractivity contribution in [1.29, 1.82) is 0 Å². The Morgan fingerprint density at radius 1 is 1.38 bits per heavy atom. The van der Waals surface area contributed by atoms with Crippen LogP contribution in [0.4, 0.5) is 10.5 Å². The average molecular weight is 180 g/mol. The van der Waals surface area contributed by atoms with Gasteiger partial charge in [-0.2, -0.15) is 0 Å². The minimum atomic E-state index is -0.844. The number of hydrogen-bond donors (Lipinski definition) is 3. The quantitative estimate of drug-likeness (QED) is 0.598. The van der Waals surface area contributed by atoms with E-state index in [0.717, 1.165) is 0 Å². The Hall–Kier alpha value is -1.55. The van der Waals surface area contributed by atoms with Gasteiger partial charge in [0.05, 0.1) is 0 Å². The molecule has 1 aromatic rings. The molecule has 0 spiro atoms. The summed E-state index contributed by atoms with van der Waals surface area (Å²) < 4.78 is 0. The normalized spacial score (nSPS) is 11.8. The number of aliphatic hydroxyl groups is 1. The minimum Gasteiger partial charge on any atom is -0.374 e. The first-order valence-corrected chi connectivity index (χ1v) is 3.99. The molecule has 13 heavy (non-hydrogen) atoms. The van der Waals surface area contributed by atoms with Crippen LogP contribution in [0, 0.1) is 0 Å². The lowest BCUT2D eigenvalue weighted by molar-refractivity contribution is 0.162. The largest absolute Gasteiger partial charge is 0.374 e. The second-order valence-corrected chi connectivity index (χ2v) is 2.64. The average Bonchev–Trinajstić information content (AvgIpc) is 2.04. The van der Waals surface area contributed by atoms with Gasteiger partial charge < -0.3 is 15.7 Å². The van der Waals surface area contributed by atoms with Crippen molar-refractivity contribution in [3.05, 3.63) is 30.3 Å². The Labute approximate surface area is 76.6 Å². The third-order valence-electron chi connectivity index (χ3n) is 1.37. The number of aliphatic hydroxyl groups excluding tert-OH is 1. The Bertz CT molecular complexity index is 272. The van der Waals surface area contributed by atoms with Crippen molar-refractivity contribution in [3.63, 3.8) is 0 Å². The highest BCUT2D eigenvalue weighted by Gasteiger charge is 2.02. The highest BCUT2D eigenvalue weighted by molar-refractivity contribution is 5.89. The molecule has 70 valence electrons. The fraction of sp³-hybridized carbons (Fsp3) is 0.222. The first-order valence-electron chi connectivity index (χ1n) is 3.99. The van der Waals surface area contributed by atoms with E-state index in [1.807, 2.05) is 18.2 Å². The van der Waals surface area contributed by atoms with E-state index in [4.69, 9.17) is 5.11 Å². The van der Waals surface area contributed by atoms with E-state index in [9.17, 15) is 4.79 Å². The third kappa shape index (κ3) is 3.57. The molecule has 0 aliphatic carbocycles. The van der Waals surface area contributed by atoms with E-state index in [-0.39, 0.29) is 0 Å². The number of urea groups is 1. The molecule has 3 N–H and O–H groups in total. The Morgan fingerprint density at radius 2 is 2.00 bits per heavy atom. The van der Waals surface area contributed by atoms with Gasteiger partial charge in [0.2, 0.25) is 0 Å². The predicted octanol–water partition coefficient (Wildman–Crippen LogP) is 1.15. The number of nitrogens with one attached hydrogen (secondary N) is 2. The van der Waals surface area contributed by atoms with Gasteiger partial charge in [-0.05, 0) is 19.1 Å². The molecule has 0 aliphatic rings. The zero-order valence-electron chi connectivity index (χ0n) is 7.32. The molecule has 1 atom stereocenters. The predicted molar refractivity (Wildman–Crippen MR) is 50.3 cm³/mol. The molecule has 0 saturated heterocycles. The van der Waals surface area contributed by atoms with Crippen molar-refractivity contribution in [2.75, 3.05) is 5.32 Å². The van der Waals surface area contributed by atoms with Gasteiger partial charge in [0.15, 0.2) is 0 Å². The summed E-state index contributed by atoms with van der Waals surface area (Å²) in [4.78, 5) is 11.0. The first kappa shape index (κ1) is 9.54. The molecule has 0 saturated carbocycles. The van der Waals surface area contributed by atoms with E-state index in [2.05, 4.69) is 10.6 Å². The molecule has 0 radical (unpaired) electrons. The maximum Gasteiger partial charge on any atom is 0.321 e. The van der Waals surface area contributed by atoms with Gasteiger partial charge in [-0.1, -0.05) is 18.2 Å². The summed E-state index contributed by atoms with van der Waals surface area (Å²) in [5.74, 6) is 0. The van der Waals surface area contributed by atoms with Crippen LogP contribution in [0.15, 0.2) is 30.3 Å². The molecule has 0 aromatic heterocycles. The molecule has 4 heteroatoms. The smallest absolute Gasteiger partial charge is 0.321 e. The number of benzene rings is 1. The van der Waals surface area contributed by atoms with Crippen LogP contribution in [-0.4, -0.2) is 17.4 Å². The van der Waals surface area contributed by atoms with Gasteiger partial charge in [0.25, 0.3) is 0 Å². The highest BCUT2D eigenvalue weighted by atomic mass is 16.3. The van der Waals surface area contributed by atoms with Crippen LogP contribution in [0.25, 0.3) is 0 Å². The summed E-state index contributed by atoms with van der Waals surface area (Å²) >= 11 is 0. The topological polar surface area (TPSA) is 61.4 Å². The van der Waals surface area contributed by atoms with Crippen molar-refractivity contribution in [2.45, 2.75) is 13.2 Å². The van der Waals surface area contributed by atoms with Crippen LogP contribution >= 0.6 is 0 Å². The van der Waals surface area contributed by atoms with Crippen molar-refractivity contribution >= 4 is 11.7 Å². The maximum absolute atomic E-state index is 11.0. The molecule has 2 amide bonds. The van der Waals surface area contributed by atoms with E-state index in [0.29, 0.717) is 5.69 Å². The lowest BCUT2D eigenvalue weighted by Gasteiger charge is -2.08. The molecule has 1 unspecified atom stereocenters.